The first-order chi connectivity index (χ1) is 8.27. The third-order valence-corrected chi connectivity index (χ3v) is 3.89. The van der Waals surface area contributed by atoms with Crippen molar-refractivity contribution >= 4 is 12.6 Å². The van der Waals surface area contributed by atoms with Crippen molar-refractivity contribution < 1.29 is 9.31 Å². The summed E-state index contributed by atoms with van der Waals surface area (Å²) < 4.78 is 13.5. The summed E-state index contributed by atoms with van der Waals surface area (Å²) in [5, 5.41) is 0. The quantitative estimate of drug-likeness (QED) is 0.738. The molecule has 0 radical (unpaired) electrons. The van der Waals surface area contributed by atoms with E-state index in [1.807, 2.05) is 40.7 Å². The van der Waals surface area contributed by atoms with Gasteiger partial charge in [0, 0.05) is 18.8 Å². The Hall–Kier alpha value is -1.07. The fourth-order valence-electron chi connectivity index (χ4n) is 1.91. The molecule has 5 heteroatoms. The molecular formula is C13H20BNO3. The van der Waals surface area contributed by atoms with Gasteiger partial charge in [0.1, 0.15) is 0 Å². The smallest absolute Gasteiger partial charge is 0.399 e. The molecule has 1 aromatic heterocycles. The molecule has 0 atom stereocenters. The number of aryl methyl sites for hydroxylation is 1. The van der Waals surface area contributed by atoms with Gasteiger partial charge >= 0.3 is 7.12 Å². The Labute approximate surface area is 108 Å². The summed E-state index contributed by atoms with van der Waals surface area (Å²) in [7, 11) is -0.464. The summed E-state index contributed by atoms with van der Waals surface area (Å²) in [4.78, 5) is 11.8. The molecule has 0 bridgehead atoms. The summed E-state index contributed by atoms with van der Waals surface area (Å²) in [6.07, 6.45) is 1.78. The molecule has 2 rings (SSSR count). The molecule has 0 saturated carbocycles. The van der Waals surface area contributed by atoms with Crippen LogP contribution in [0.1, 0.15) is 34.6 Å². The van der Waals surface area contributed by atoms with Crippen LogP contribution >= 0.6 is 0 Å². The zero-order chi connectivity index (χ0) is 13.6. The van der Waals surface area contributed by atoms with Crippen LogP contribution in [0.2, 0.25) is 0 Å². The van der Waals surface area contributed by atoms with Crippen LogP contribution in [0.3, 0.4) is 0 Å². The van der Waals surface area contributed by atoms with Crippen LogP contribution in [0.4, 0.5) is 0 Å². The molecule has 2 heterocycles. The van der Waals surface area contributed by atoms with Gasteiger partial charge in [0.2, 0.25) is 5.56 Å². The van der Waals surface area contributed by atoms with Crippen LogP contribution in [0.25, 0.3) is 0 Å². The standard InChI is InChI=1S/C13H20BNO3/c1-6-15-8-7-10(9-11(15)16)14-17-12(2,3)13(4,5)18-14/h7-9H,6H2,1-5H3. The summed E-state index contributed by atoms with van der Waals surface area (Å²) >= 11 is 0. The number of nitrogens with zero attached hydrogens (tertiary/aromatic N) is 1. The Morgan fingerprint density at radius 2 is 1.78 bits per heavy atom. The van der Waals surface area contributed by atoms with Gasteiger partial charge in [0.05, 0.1) is 11.2 Å². The third kappa shape index (κ3) is 2.13. The van der Waals surface area contributed by atoms with Crippen molar-refractivity contribution in [2.75, 3.05) is 0 Å². The lowest BCUT2D eigenvalue weighted by Crippen LogP contribution is -2.41. The minimum Gasteiger partial charge on any atom is -0.399 e. The monoisotopic (exact) mass is 249 g/mol. The minimum absolute atomic E-state index is 0.0234. The predicted molar refractivity (Wildman–Crippen MR) is 72.1 cm³/mol. The molecule has 1 fully saturated rings. The van der Waals surface area contributed by atoms with Gasteiger partial charge in [-0.1, -0.05) is 0 Å². The lowest BCUT2D eigenvalue weighted by Gasteiger charge is -2.32. The molecule has 0 amide bonds. The van der Waals surface area contributed by atoms with E-state index < -0.39 is 7.12 Å². The molecule has 0 aliphatic carbocycles. The second-order valence-corrected chi connectivity index (χ2v) is 5.67. The average Bonchev–Trinajstić information content (AvgIpc) is 2.48. The van der Waals surface area contributed by atoms with Gasteiger partial charge in [-0.2, -0.15) is 0 Å². The first-order valence-corrected chi connectivity index (χ1v) is 6.33. The highest BCUT2D eigenvalue weighted by Crippen LogP contribution is 2.36. The number of rotatable bonds is 2. The maximum atomic E-state index is 11.8. The maximum Gasteiger partial charge on any atom is 0.495 e. The Kier molecular flexibility index (Phi) is 3.15. The van der Waals surface area contributed by atoms with Crippen molar-refractivity contribution in [3.63, 3.8) is 0 Å². The van der Waals surface area contributed by atoms with Gasteiger partial charge in [-0.25, -0.2) is 0 Å². The van der Waals surface area contributed by atoms with E-state index in [2.05, 4.69) is 0 Å². The van der Waals surface area contributed by atoms with E-state index in [-0.39, 0.29) is 16.8 Å². The van der Waals surface area contributed by atoms with E-state index in [0.717, 1.165) is 5.46 Å². The summed E-state index contributed by atoms with van der Waals surface area (Å²) in [6, 6.07) is 3.47. The van der Waals surface area contributed by atoms with E-state index in [1.165, 1.54) is 0 Å². The van der Waals surface area contributed by atoms with E-state index in [9.17, 15) is 4.79 Å². The van der Waals surface area contributed by atoms with E-state index in [0.29, 0.717) is 6.54 Å². The Bertz CT molecular complexity index is 491. The van der Waals surface area contributed by atoms with Crippen molar-refractivity contribution in [3.8, 4) is 0 Å². The second-order valence-electron chi connectivity index (χ2n) is 5.67. The first kappa shape index (κ1) is 13.4. The lowest BCUT2D eigenvalue weighted by molar-refractivity contribution is 0.00578. The van der Waals surface area contributed by atoms with Gasteiger partial charge in [-0.05, 0) is 46.1 Å². The minimum atomic E-state index is -0.464. The Morgan fingerprint density at radius 3 is 2.22 bits per heavy atom. The van der Waals surface area contributed by atoms with Crippen LogP contribution < -0.4 is 11.0 Å². The zero-order valence-electron chi connectivity index (χ0n) is 11.7. The number of hydrogen-bond acceptors (Lipinski definition) is 3. The number of aromatic nitrogens is 1. The van der Waals surface area contributed by atoms with Crippen LogP contribution in [0.15, 0.2) is 23.1 Å². The SMILES string of the molecule is CCn1ccc(B2OC(C)(C)C(C)(C)O2)cc1=O. The molecule has 0 aromatic carbocycles. The molecule has 1 saturated heterocycles. The van der Waals surface area contributed by atoms with E-state index in [1.54, 1.807) is 16.8 Å². The number of hydrogen-bond donors (Lipinski definition) is 0. The highest BCUT2D eigenvalue weighted by atomic mass is 16.7. The van der Waals surface area contributed by atoms with Crippen LogP contribution in [0.5, 0.6) is 0 Å². The van der Waals surface area contributed by atoms with E-state index in [4.69, 9.17) is 9.31 Å². The predicted octanol–water partition coefficient (Wildman–Crippen LogP) is 1.17. The van der Waals surface area contributed by atoms with Crippen molar-refractivity contribution in [1.82, 2.24) is 4.57 Å². The average molecular weight is 249 g/mol. The molecule has 4 nitrogen and oxygen atoms in total. The van der Waals surface area contributed by atoms with Crippen molar-refractivity contribution in [1.29, 1.82) is 0 Å². The highest BCUT2D eigenvalue weighted by molar-refractivity contribution is 6.62. The van der Waals surface area contributed by atoms with Gasteiger partial charge in [0.15, 0.2) is 0 Å². The topological polar surface area (TPSA) is 40.5 Å². The molecule has 0 N–H and O–H groups in total. The Balaban J connectivity index is 2.30. The lowest BCUT2D eigenvalue weighted by atomic mass is 9.80. The van der Waals surface area contributed by atoms with Crippen molar-refractivity contribution in [2.45, 2.75) is 52.4 Å². The molecule has 0 unspecified atom stereocenters. The molecule has 1 aliphatic heterocycles. The van der Waals surface area contributed by atoms with Gasteiger partial charge in [-0.15, -0.1) is 0 Å². The Morgan fingerprint density at radius 1 is 1.22 bits per heavy atom. The second kappa shape index (κ2) is 4.25. The first-order valence-electron chi connectivity index (χ1n) is 6.33. The van der Waals surface area contributed by atoms with Crippen LogP contribution in [0, 0.1) is 0 Å². The van der Waals surface area contributed by atoms with Crippen molar-refractivity contribution in [2.24, 2.45) is 0 Å². The molecule has 1 aliphatic rings. The van der Waals surface area contributed by atoms with Crippen molar-refractivity contribution in [3.05, 3.63) is 28.7 Å². The summed E-state index contributed by atoms with van der Waals surface area (Å²) in [6.45, 7) is 10.6. The molecule has 98 valence electrons. The third-order valence-electron chi connectivity index (χ3n) is 3.89. The zero-order valence-corrected chi connectivity index (χ0v) is 11.7. The van der Waals surface area contributed by atoms with Gasteiger partial charge in [-0.3, -0.25) is 4.79 Å². The maximum absolute atomic E-state index is 11.8. The summed E-state index contributed by atoms with van der Waals surface area (Å²) in [5.74, 6) is 0. The molecule has 18 heavy (non-hydrogen) atoms. The van der Waals surface area contributed by atoms with Crippen LogP contribution in [-0.4, -0.2) is 22.9 Å². The molecule has 1 aromatic rings. The van der Waals surface area contributed by atoms with Gasteiger partial charge < -0.3 is 13.9 Å². The number of pyridine rings is 1. The normalized spacial score (nSPS) is 21.3. The van der Waals surface area contributed by atoms with Gasteiger partial charge in [0.25, 0.3) is 0 Å². The fraction of sp³-hybridized carbons (Fsp3) is 0.615. The molecular weight excluding hydrogens is 229 g/mol. The molecule has 0 spiro atoms. The largest absolute Gasteiger partial charge is 0.495 e. The fourth-order valence-corrected chi connectivity index (χ4v) is 1.91. The van der Waals surface area contributed by atoms with E-state index >= 15 is 0 Å². The van der Waals surface area contributed by atoms with Crippen LogP contribution in [-0.2, 0) is 15.9 Å². The summed E-state index contributed by atoms with van der Waals surface area (Å²) in [5.41, 5.74) is 0.00208. The highest BCUT2D eigenvalue weighted by Gasteiger charge is 2.51.